The molecule has 6 heteroatoms. The van der Waals surface area contributed by atoms with Gasteiger partial charge in [0.05, 0.1) is 12.5 Å². The third-order valence-corrected chi connectivity index (χ3v) is 3.64. The number of carbonyl (C=O) groups is 2. The molecule has 1 heterocycles. The number of piperidine rings is 1. The van der Waals surface area contributed by atoms with Crippen LogP contribution in [0.4, 0.5) is 4.39 Å². The molecular formula is C15H18FNO4. The number of nitrogens with zero attached hydrogens (tertiary/aromatic N) is 1. The Labute approximate surface area is 122 Å². The number of benzene rings is 1. The Hall–Kier alpha value is -1.95. The van der Waals surface area contributed by atoms with E-state index in [-0.39, 0.29) is 30.9 Å². The minimum Gasteiger partial charge on any atom is -0.481 e. The van der Waals surface area contributed by atoms with Crippen LogP contribution in [0.5, 0.6) is 0 Å². The van der Waals surface area contributed by atoms with Crippen molar-refractivity contribution in [2.45, 2.75) is 19.4 Å². The molecule has 1 aliphatic heterocycles. The van der Waals surface area contributed by atoms with Crippen molar-refractivity contribution in [3.05, 3.63) is 35.6 Å². The molecule has 1 aromatic carbocycles. The van der Waals surface area contributed by atoms with Gasteiger partial charge in [-0.25, -0.2) is 4.39 Å². The van der Waals surface area contributed by atoms with E-state index >= 15 is 0 Å². The van der Waals surface area contributed by atoms with E-state index in [0.717, 1.165) is 0 Å². The predicted molar refractivity (Wildman–Crippen MR) is 73.0 cm³/mol. The summed E-state index contributed by atoms with van der Waals surface area (Å²) in [6, 6.07) is 6.26. The lowest BCUT2D eigenvalue weighted by Crippen LogP contribution is -2.41. The van der Waals surface area contributed by atoms with E-state index in [1.54, 1.807) is 23.1 Å². The first-order valence-electron chi connectivity index (χ1n) is 6.89. The quantitative estimate of drug-likeness (QED) is 0.897. The molecule has 0 saturated carbocycles. The zero-order valence-electron chi connectivity index (χ0n) is 11.6. The van der Waals surface area contributed by atoms with Gasteiger partial charge in [0.2, 0.25) is 5.91 Å². The summed E-state index contributed by atoms with van der Waals surface area (Å²) in [6.07, 6.45) is 0.933. The fourth-order valence-corrected chi connectivity index (χ4v) is 2.33. The molecule has 0 aliphatic carbocycles. The van der Waals surface area contributed by atoms with Crippen LogP contribution >= 0.6 is 0 Å². The summed E-state index contributed by atoms with van der Waals surface area (Å²) in [7, 11) is 0. The first-order valence-corrected chi connectivity index (χ1v) is 6.89. The topological polar surface area (TPSA) is 66.8 Å². The van der Waals surface area contributed by atoms with E-state index in [4.69, 9.17) is 9.84 Å². The summed E-state index contributed by atoms with van der Waals surface area (Å²) in [5.41, 5.74) is 0.412. The molecule has 0 unspecified atom stereocenters. The summed E-state index contributed by atoms with van der Waals surface area (Å²) in [6.45, 7) is 0.786. The summed E-state index contributed by atoms with van der Waals surface area (Å²) in [4.78, 5) is 24.3. The summed E-state index contributed by atoms with van der Waals surface area (Å²) in [5, 5.41) is 8.89. The predicted octanol–water partition coefficient (Wildman–Crippen LogP) is 1.67. The van der Waals surface area contributed by atoms with Gasteiger partial charge in [0.15, 0.2) is 0 Å². The van der Waals surface area contributed by atoms with Gasteiger partial charge in [-0.05, 0) is 18.9 Å². The SMILES string of the molecule is O=C(O)C1CCN(C(=O)COCc2ccccc2F)CC1. The molecule has 0 atom stereocenters. The highest BCUT2D eigenvalue weighted by molar-refractivity contribution is 5.78. The molecule has 1 aromatic rings. The molecule has 1 N–H and O–H groups in total. The lowest BCUT2D eigenvalue weighted by molar-refractivity contribution is -0.147. The van der Waals surface area contributed by atoms with Crippen molar-refractivity contribution in [1.29, 1.82) is 0 Å². The monoisotopic (exact) mass is 295 g/mol. The zero-order valence-corrected chi connectivity index (χ0v) is 11.6. The highest BCUT2D eigenvalue weighted by Crippen LogP contribution is 2.17. The number of halogens is 1. The number of aliphatic carboxylic acids is 1. The molecular weight excluding hydrogens is 277 g/mol. The Morgan fingerprint density at radius 2 is 1.95 bits per heavy atom. The van der Waals surface area contributed by atoms with Crippen LogP contribution in [0.1, 0.15) is 18.4 Å². The van der Waals surface area contributed by atoms with E-state index in [9.17, 15) is 14.0 Å². The first kappa shape index (κ1) is 15.4. The Morgan fingerprint density at radius 3 is 2.57 bits per heavy atom. The van der Waals surface area contributed by atoms with Crippen LogP contribution in [-0.2, 0) is 20.9 Å². The van der Waals surface area contributed by atoms with Crippen molar-refractivity contribution in [1.82, 2.24) is 4.90 Å². The van der Waals surface area contributed by atoms with Crippen LogP contribution in [-0.4, -0.2) is 41.6 Å². The average Bonchev–Trinajstić information content (AvgIpc) is 2.49. The molecule has 0 radical (unpaired) electrons. The normalized spacial score (nSPS) is 16.0. The summed E-state index contributed by atoms with van der Waals surface area (Å²) in [5.74, 6) is -1.71. The van der Waals surface area contributed by atoms with E-state index in [1.807, 2.05) is 0 Å². The minimum absolute atomic E-state index is 0.0456. The van der Waals surface area contributed by atoms with Crippen molar-refractivity contribution in [3.8, 4) is 0 Å². The first-order chi connectivity index (χ1) is 10.1. The summed E-state index contributed by atoms with van der Waals surface area (Å²) >= 11 is 0. The van der Waals surface area contributed by atoms with Gasteiger partial charge in [-0.1, -0.05) is 18.2 Å². The Morgan fingerprint density at radius 1 is 1.29 bits per heavy atom. The van der Waals surface area contributed by atoms with Crippen molar-refractivity contribution >= 4 is 11.9 Å². The molecule has 1 fully saturated rings. The standard InChI is InChI=1S/C15H18FNO4/c16-13-4-2-1-3-12(13)9-21-10-14(18)17-7-5-11(6-8-17)15(19)20/h1-4,11H,5-10H2,(H,19,20). The largest absolute Gasteiger partial charge is 0.481 e. The van der Waals surface area contributed by atoms with Gasteiger partial charge in [-0.2, -0.15) is 0 Å². The number of hydrogen-bond donors (Lipinski definition) is 1. The van der Waals surface area contributed by atoms with Gasteiger partial charge in [-0.15, -0.1) is 0 Å². The van der Waals surface area contributed by atoms with Gasteiger partial charge in [0.25, 0.3) is 0 Å². The Bertz CT molecular complexity index is 512. The molecule has 0 aromatic heterocycles. The molecule has 1 aliphatic rings. The number of carbonyl (C=O) groups excluding carboxylic acids is 1. The van der Waals surface area contributed by atoms with Crippen LogP contribution in [0.15, 0.2) is 24.3 Å². The van der Waals surface area contributed by atoms with Crippen LogP contribution in [0, 0.1) is 11.7 Å². The van der Waals surface area contributed by atoms with Crippen LogP contribution in [0.2, 0.25) is 0 Å². The van der Waals surface area contributed by atoms with Crippen molar-refractivity contribution < 1.29 is 23.8 Å². The van der Waals surface area contributed by atoms with Gasteiger partial charge in [0, 0.05) is 18.7 Å². The summed E-state index contributed by atoms with van der Waals surface area (Å²) < 4.78 is 18.6. The molecule has 1 amide bonds. The maximum absolute atomic E-state index is 13.4. The minimum atomic E-state index is -0.807. The second-order valence-corrected chi connectivity index (χ2v) is 5.08. The maximum Gasteiger partial charge on any atom is 0.306 e. The van der Waals surface area contributed by atoms with Crippen molar-refractivity contribution in [2.24, 2.45) is 5.92 Å². The molecule has 1 saturated heterocycles. The third kappa shape index (κ3) is 4.26. The highest BCUT2D eigenvalue weighted by atomic mass is 19.1. The smallest absolute Gasteiger partial charge is 0.306 e. The second-order valence-electron chi connectivity index (χ2n) is 5.08. The number of likely N-dealkylation sites (tertiary alicyclic amines) is 1. The number of rotatable bonds is 5. The van der Waals surface area contributed by atoms with Crippen LogP contribution in [0.25, 0.3) is 0 Å². The Kier molecular flexibility index (Phi) is 5.27. The number of hydrogen-bond acceptors (Lipinski definition) is 3. The lowest BCUT2D eigenvalue weighted by Gasteiger charge is -2.30. The highest BCUT2D eigenvalue weighted by Gasteiger charge is 2.26. The number of carboxylic acid groups (broad SMARTS) is 1. The van der Waals surface area contributed by atoms with Gasteiger partial charge in [0.1, 0.15) is 12.4 Å². The van der Waals surface area contributed by atoms with Crippen LogP contribution < -0.4 is 0 Å². The molecule has 21 heavy (non-hydrogen) atoms. The molecule has 0 spiro atoms. The fourth-order valence-electron chi connectivity index (χ4n) is 2.33. The van der Waals surface area contributed by atoms with E-state index in [2.05, 4.69) is 0 Å². The van der Waals surface area contributed by atoms with E-state index in [0.29, 0.717) is 31.5 Å². The van der Waals surface area contributed by atoms with E-state index < -0.39 is 5.97 Å². The molecule has 0 bridgehead atoms. The maximum atomic E-state index is 13.4. The fraction of sp³-hybridized carbons (Fsp3) is 0.467. The number of carboxylic acids is 1. The zero-order chi connectivity index (χ0) is 15.2. The number of amides is 1. The van der Waals surface area contributed by atoms with Crippen LogP contribution in [0.3, 0.4) is 0 Å². The second kappa shape index (κ2) is 7.17. The molecule has 2 rings (SSSR count). The van der Waals surface area contributed by atoms with Gasteiger partial charge < -0.3 is 14.7 Å². The molecule has 114 valence electrons. The lowest BCUT2D eigenvalue weighted by atomic mass is 9.97. The Balaban J connectivity index is 1.73. The van der Waals surface area contributed by atoms with Gasteiger partial charge in [-0.3, -0.25) is 9.59 Å². The van der Waals surface area contributed by atoms with E-state index in [1.165, 1.54) is 6.07 Å². The molecule has 5 nitrogen and oxygen atoms in total. The van der Waals surface area contributed by atoms with Crippen molar-refractivity contribution in [2.75, 3.05) is 19.7 Å². The number of ether oxygens (including phenoxy) is 1. The third-order valence-electron chi connectivity index (χ3n) is 3.64. The van der Waals surface area contributed by atoms with Crippen molar-refractivity contribution in [3.63, 3.8) is 0 Å². The average molecular weight is 295 g/mol. The van der Waals surface area contributed by atoms with Gasteiger partial charge >= 0.3 is 5.97 Å².